The standard InChI is InChI=1S/C56H38N6/c1-37-17-16-26-42(33-37)43-29-31-51-46(34-43)45-27-14-15-28-50(45)62(51)52-32-30-44(55-57-48(38-18-6-2-7-19-38)36-49(58-55)39-20-8-3-9-21-39)35-47(52)56-60-53(40-22-10-4-11-23-40)59-54(61-56)41-24-12-5-13-25-41/h2-36H,1H3. The topological polar surface area (TPSA) is 69.4 Å². The van der Waals surface area contributed by atoms with Gasteiger partial charge >= 0.3 is 0 Å². The molecule has 0 radical (unpaired) electrons. The molecule has 0 saturated heterocycles. The summed E-state index contributed by atoms with van der Waals surface area (Å²) in [4.78, 5) is 26.1. The number of aromatic nitrogens is 6. The first-order valence-electron chi connectivity index (χ1n) is 20.8. The molecule has 0 aliphatic rings. The minimum absolute atomic E-state index is 0.541. The molecule has 11 aromatic rings. The first-order valence-corrected chi connectivity index (χ1v) is 20.8. The number of para-hydroxylation sites is 1. The molecule has 0 spiro atoms. The van der Waals surface area contributed by atoms with Crippen LogP contribution in [-0.2, 0) is 0 Å². The van der Waals surface area contributed by atoms with Crippen molar-refractivity contribution in [2.75, 3.05) is 0 Å². The predicted molar refractivity (Wildman–Crippen MR) is 253 cm³/mol. The Bertz CT molecular complexity index is 3280. The van der Waals surface area contributed by atoms with E-state index in [2.05, 4.69) is 127 Å². The fourth-order valence-corrected chi connectivity index (χ4v) is 8.30. The van der Waals surface area contributed by atoms with Crippen molar-refractivity contribution in [2.24, 2.45) is 0 Å². The van der Waals surface area contributed by atoms with Gasteiger partial charge in [-0.2, -0.15) is 0 Å². The Balaban J connectivity index is 1.19. The molecule has 0 fully saturated rings. The van der Waals surface area contributed by atoms with Gasteiger partial charge in [0, 0.05) is 44.2 Å². The summed E-state index contributed by atoms with van der Waals surface area (Å²) in [6.45, 7) is 2.14. The van der Waals surface area contributed by atoms with Crippen molar-refractivity contribution in [3.05, 3.63) is 218 Å². The lowest BCUT2D eigenvalue weighted by Crippen LogP contribution is -2.04. The Hall–Kier alpha value is -8.35. The van der Waals surface area contributed by atoms with E-state index in [1.165, 1.54) is 16.7 Å². The minimum Gasteiger partial charge on any atom is -0.309 e. The van der Waals surface area contributed by atoms with E-state index < -0.39 is 0 Å². The van der Waals surface area contributed by atoms with Crippen molar-refractivity contribution >= 4 is 21.8 Å². The molecular formula is C56H38N6. The molecule has 6 nitrogen and oxygen atoms in total. The van der Waals surface area contributed by atoms with Crippen molar-refractivity contribution in [2.45, 2.75) is 6.92 Å². The number of rotatable bonds is 8. The maximum Gasteiger partial charge on any atom is 0.166 e. The van der Waals surface area contributed by atoms with Crippen molar-refractivity contribution in [3.8, 4) is 84.9 Å². The van der Waals surface area contributed by atoms with Crippen molar-refractivity contribution in [3.63, 3.8) is 0 Å². The molecule has 0 aliphatic heterocycles. The maximum atomic E-state index is 5.28. The average Bonchev–Trinajstić information content (AvgIpc) is 3.68. The number of hydrogen-bond donors (Lipinski definition) is 0. The van der Waals surface area contributed by atoms with E-state index >= 15 is 0 Å². The predicted octanol–water partition coefficient (Wildman–Crippen LogP) is 13.7. The zero-order valence-corrected chi connectivity index (χ0v) is 33.9. The zero-order valence-electron chi connectivity index (χ0n) is 33.9. The van der Waals surface area contributed by atoms with Crippen LogP contribution < -0.4 is 0 Å². The summed E-state index contributed by atoms with van der Waals surface area (Å²) in [7, 11) is 0. The summed E-state index contributed by atoms with van der Waals surface area (Å²) >= 11 is 0. The largest absolute Gasteiger partial charge is 0.309 e. The lowest BCUT2D eigenvalue weighted by molar-refractivity contribution is 1.06. The zero-order chi connectivity index (χ0) is 41.4. The molecule has 0 atom stereocenters. The van der Waals surface area contributed by atoms with Crippen LogP contribution >= 0.6 is 0 Å². The molecule has 0 amide bonds. The van der Waals surface area contributed by atoms with Crippen LogP contribution in [0.5, 0.6) is 0 Å². The first kappa shape index (κ1) is 36.7. The van der Waals surface area contributed by atoms with E-state index in [0.717, 1.165) is 72.3 Å². The smallest absolute Gasteiger partial charge is 0.166 e. The molecule has 6 heteroatoms. The van der Waals surface area contributed by atoms with Crippen LogP contribution in [0.15, 0.2) is 212 Å². The maximum absolute atomic E-state index is 5.28. The van der Waals surface area contributed by atoms with Crippen molar-refractivity contribution in [1.29, 1.82) is 0 Å². The van der Waals surface area contributed by atoms with Crippen LogP contribution in [0.1, 0.15) is 5.56 Å². The Labute approximate surface area is 359 Å². The summed E-state index contributed by atoms with van der Waals surface area (Å²) in [5.41, 5.74) is 13.8. The lowest BCUT2D eigenvalue weighted by Gasteiger charge is -2.16. The fourth-order valence-electron chi connectivity index (χ4n) is 8.30. The SMILES string of the molecule is Cc1cccc(-c2ccc3c(c2)c2ccccc2n3-c2ccc(-c3nc(-c4ccccc4)cc(-c4ccccc4)n3)cc2-c2nc(-c3ccccc3)nc(-c3ccccc3)n2)c1. The summed E-state index contributed by atoms with van der Waals surface area (Å²) in [5, 5.41) is 2.32. The van der Waals surface area contributed by atoms with Crippen LogP contribution in [0.2, 0.25) is 0 Å². The molecule has 8 aromatic carbocycles. The van der Waals surface area contributed by atoms with Crippen LogP contribution in [0.4, 0.5) is 0 Å². The van der Waals surface area contributed by atoms with Gasteiger partial charge in [0.2, 0.25) is 0 Å². The van der Waals surface area contributed by atoms with Crippen LogP contribution in [0, 0.1) is 6.92 Å². The van der Waals surface area contributed by atoms with Crippen LogP contribution in [-0.4, -0.2) is 29.5 Å². The second-order valence-electron chi connectivity index (χ2n) is 15.4. The van der Waals surface area contributed by atoms with Gasteiger partial charge in [-0.25, -0.2) is 24.9 Å². The Morgan fingerprint density at radius 2 is 0.790 bits per heavy atom. The molecule has 0 aliphatic carbocycles. The normalized spacial score (nSPS) is 11.3. The van der Waals surface area contributed by atoms with Gasteiger partial charge in [0.05, 0.1) is 28.1 Å². The van der Waals surface area contributed by atoms with Gasteiger partial charge in [-0.05, 0) is 60.5 Å². The van der Waals surface area contributed by atoms with E-state index in [1.54, 1.807) is 0 Å². The van der Waals surface area contributed by atoms with Gasteiger partial charge in [-0.3, -0.25) is 0 Å². The highest BCUT2D eigenvalue weighted by atomic mass is 15.1. The monoisotopic (exact) mass is 794 g/mol. The molecular weight excluding hydrogens is 757 g/mol. The molecule has 3 aromatic heterocycles. The number of benzene rings is 8. The molecule has 0 saturated carbocycles. The van der Waals surface area contributed by atoms with Gasteiger partial charge in [-0.1, -0.05) is 175 Å². The van der Waals surface area contributed by atoms with Gasteiger partial charge in [0.25, 0.3) is 0 Å². The number of fused-ring (bicyclic) bond motifs is 3. The summed E-state index contributed by atoms with van der Waals surface area (Å²) in [5.74, 6) is 2.32. The molecule has 0 N–H and O–H groups in total. The van der Waals surface area contributed by atoms with Gasteiger partial charge in [0.1, 0.15) is 0 Å². The number of aryl methyl sites for hydroxylation is 1. The van der Waals surface area contributed by atoms with Crippen LogP contribution in [0.3, 0.4) is 0 Å². The Kier molecular flexibility index (Phi) is 9.28. The minimum atomic E-state index is 0.541. The molecule has 3 heterocycles. The van der Waals surface area contributed by atoms with E-state index in [9.17, 15) is 0 Å². The third-order valence-corrected chi connectivity index (χ3v) is 11.3. The molecule has 11 rings (SSSR count). The third-order valence-electron chi connectivity index (χ3n) is 11.3. The summed E-state index contributed by atoms with van der Waals surface area (Å²) in [6.07, 6.45) is 0. The Morgan fingerprint density at radius 1 is 0.306 bits per heavy atom. The van der Waals surface area contributed by atoms with Crippen LogP contribution in [0.25, 0.3) is 107 Å². The van der Waals surface area contributed by atoms with Gasteiger partial charge < -0.3 is 4.57 Å². The average molecular weight is 795 g/mol. The molecule has 62 heavy (non-hydrogen) atoms. The second-order valence-corrected chi connectivity index (χ2v) is 15.4. The van der Waals surface area contributed by atoms with E-state index in [1.807, 2.05) is 97.1 Å². The number of nitrogens with zero attached hydrogens (tertiary/aromatic N) is 6. The highest BCUT2D eigenvalue weighted by Gasteiger charge is 2.22. The highest BCUT2D eigenvalue weighted by molar-refractivity contribution is 6.11. The summed E-state index contributed by atoms with van der Waals surface area (Å²) < 4.78 is 2.34. The third kappa shape index (κ3) is 6.89. The van der Waals surface area contributed by atoms with E-state index in [0.29, 0.717) is 23.3 Å². The fraction of sp³-hybridized carbons (Fsp3) is 0.0179. The first-order chi connectivity index (χ1) is 30.6. The van der Waals surface area contributed by atoms with Crippen molar-refractivity contribution in [1.82, 2.24) is 29.5 Å². The molecule has 0 unspecified atom stereocenters. The van der Waals surface area contributed by atoms with Gasteiger partial charge in [-0.15, -0.1) is 0 Å². The second kappa shape index (κ2) is 15.7. The molecule has 0 bridgehead atoms. The van der Waals surface area contributed by atoms with Crippen molar-refractivity contribution < 1.29 is 0 Å². The molecule has 292 valence electrons. The summed E-state index contributed by atoms with van der Waals surface area (Å²) in [6, 6.07) is 73.3. The highest BCUT2D eigenvalue weighted by Crippen LogP contribution is 2.40. The Morgan fingerprint density at radius 3 is 1.40 bits per heavy atom. The lowest BCUT2D eigenvalue weighted by atomic mass is 10.0. The quantitative estimate of drug-likeness (QED) is 0.153. The van der Waals surface area contributed by atoms with E-state index in [4.69, 9.17) is 24.9 Å². The number of hydrogen-bond acceptors (Lipinski definition) is 5. The van der Waals surface area contributed by atoms with E-state index in [-0.39, 0.29) is 0 Å². The van der Waals surface area contributed by atoms with Gasteiger partial charge in [0.15, 0.2) is 23.3 Å².